The minimum absolute atomic E-state index is 0.0105. The molecule has 1 atom stereocenters. The molecular formula is C16H25NO3. The monoisotopic (exact) mass is 279 g/mol. The summed E-state index contributed by atoms with van der Waals surface area (Å²) in [6.07, 6.45) is 1.57. The van der Waals surface area contributed by atoms with Crippen molar-refractivity contribution in [3.05, 3.63) is 29.3 Å². The van der Waals surface area contributed by atoms with E-state index in [4.69, 9.17) is 9.47 Å². The maximum atomic E-state index is 9.48. The molecule has 1 N–H and O–H groups in total. The molecule has 0 saturated carbocycles. The minimum atomic E-state index is 0.0105. The number of aliphatic hydroxyl groups is 1. The molecule has 1 fully saturated rings. The van der Waals surface area contributed by atoms with Crippen LogP contribution in [0.1, 0.15) is 31.4 Å². The van der Waals surface area contributed by atoms with E-state index in [1.165, 1.54) is 5.56 Å². The summed E-state index contributed by atoms with van der Waals surface area (Å²) in [7, 11) is 1.77. The highest BCUT2D eigenvalue weighted by atomic mass is 16.5. The quantitative estimate of drug-likeness (QED) is 0.866. The first-order valence-corrected chi connectivity index (χ1v) is 7.27. The Morgan fingerprint density at radius 1 is 1.40 bits per heavy atom. The number of nitrogens with zero attached hydrogens (tertiary/aromatic N) is 1. The fourth-order valence-corrected chi connectivity index (χ4v) is 2.61. The van der Waals surface area contributed by atoms with Gasteiger partial charge in [-0.15, -0.1) is 0 Å². The molecule has 1 unspecified atom stereocenters. The third-order valence-corrected chi connectivity index (χ3v) is 3.63. The number of benzene rings is 1. The number of aliphatic hydroxyl groups excluding tert-OH is 1. The predicted molar refractivity (Wildman–Crippen MR) is 78.8 cm³/mol. The van der Waals surface area contributed by atoms with Gasteiger partial charge in [-0.05, 0) is 38.0 Å². The second-order valence-electron chi connectivity index (χ2n) is 5.65. The number of likely N-dealkylation sites (tertiary alicyclic amines) is 1. The van der Waals surface area contributed by atoms with E-state index in [0.29, 0.717) is 6.10 Å². The molecule has 4 nitrogen and oxygen atoms in total. The van der Waals surface area contributed by atoms with E-state index in [2.05, 4.69) is 11.0 Å². The van der Waals surface area contributed by atoms with Crippen molar-refractivity contribution >= 4 is 0 Å². The average Bonchev–Trinajstić information content (AvgIpc) is 2.87. The van der Waals surface area contributed by atoms with Crippen LogP contribution in [-0.2, 0) is 17.9 Å². The number of hydrogen-bond acceptors (Lipinski definition) is 4. The fourth-order valence-electron chi connectivity index (χ4n) is 2.61. The lowest BCUT2D eigenvalue weighted by atomic mass is 10.1. The van der Waals surface area contributed by atoms with Gasteiger partial charge in [0, 0.05) is 32.3 Å². The van der Waals surface area contributed by atoms with Crippen LogP contribution in [0.5, 0.6) is 5.75 Å². The van der Waals surface area contributed by atoms with Gasteiger partial charge in [0.2, 0.25) is 0 Å². The van der Waals surface area contributed by atoms with Crippen molar-refractivity contribution in [1.29, 1.82) is 0 Å². The summed E-state index contributed by atoms with van der Waals surface area (Å²) in [6.45, 7) is 6.94. The summed E-state index contributed by atoms with van der Waals surface area (Å²) in [4.78, 5) is 2.38. The van der Waals surface area contributed by atoms with E-state index in [9.17, 15) is 5.11 Å². The Morgan fingerprint density at radius 3 is 2.80 bits per heavy atom. The molecule has 1 aliphatic heterocycles. The number of rotatable bonds is 6. The molecule has 1 saturated heterocycles. The molecule has 112 valence electrons. The summed E-state index contributed by atoms with van der Waals surface area (Å²) < 4.78 is 11.1. The van der Waals surface area contributed by atoms with E-state index in [-0.39, 0.29) is 12.7 Å². The fraction of sp³-hybridized carbons (Fsp3) is 0.625. The molecule has 0 bridgehead atoms. The topological polar surface area (TPSA) is 41.9 Å². The van der Waals surface area contributed by atoms with Gasteiger partial charge in [-0.3, -0.25) is 4.90 Å². The Bertz CT molecular complexity index is 434. The molecule has 2 rings (SSSR count). The first-order chi connectivity index (χ1) is 9.62. The predicted octanol–water partition coefficient (Wildman–Crippen LogP) is 2.19. The summed E-state index contributed by atoms with van der Waals surface area (Å²) in [5.74, 6) is 0.780. The average molecular weight is 279 g/mol. The summed E-state index contributed by atoms with van der Waals surface area (Å²) in [6, 6.07) is 6.08. The van der Waals surface area contributed by atoms with Gasteiger partial charge in [-0.25, -0.2) is 0 Å². The van der Waals surface area contributed by atoms with Crippen molar-refractivity contribution in [2.75, 3.05) is 20.2 Å². The van der Waals surface area contributed by atoms with Crippen LogP contribution in [0, 0.1) is 0 Å². The smallest absolute Gasteiger partial charge is 0.125 e. The Kier molecular flexibility index (Phi) is 5.40. The van der Waals surface area contributed by atoms with Gasteiger partial charge in [0.1, 0.15) is 5.75 Å². The zero-order valence-corrected chi connectivity index (χ0v) is 12.6. The Labute approximate surface area is 121 Å². The lowest BCUT2D eigenvalue weighted by Gasteiger charge is -2.18. The van der Waals surface area contributed by atoms with Crippen molar-refractivity contribution in [1.82, 2.24) is 4.90 Å². The zero-order chi connectivity index (χ0) is 14.5. The SMILES string of the molecule is COC1CCN(Cc2ccc(OC(C)C)c(CO)c2)C1. The van der Waals surface area contributed by atoms with Gasteiger partial charge in [0.25, 0.3) is 0 Å². The minimum Gasteiger partial charge on any atom is -0.491 e. The largest absolute Gasteiger partial charge is 0.491 e. The van der Waals surface area contributed by atoms with Crippen molar-refractivity contribution < 1.29 is 14.6 Å². The van der Waals surface area contributed by atoms with Crippen LogP contribution >= 0.6 is 0 Å². The molecule has 0 aliphatic carbocycles. The summed E-state index contributed by atoms with van der Waals surface area (Å²) in [5, 5.41) is 9.48. The molecule has 0 radical (unpaired) electrons. The van der Waals surface area contributed by atoms with Crippen LogP contribution in [0.15, 0.2) is 18.2 Å². The van der Waals surface area contributed by atoms with Crippen molar-refractivity contribution in [3.63, 3.8) is 0 Å². The van der Waals surface area contributed by atoms with Crippen molar-refractivity contribution in [2.45, 2.75) is 45.6 Å². The lowest BCUT2D eigenvalue weighted by Crippen LogP contribution is -2.22. The molecule has 0 aromatic heterocycles. The molecule has 0 spiro atoms. The molecule has 1 aliphatic rings. The highest BCUT2D eigenvalue weighted by molar-refractivity contribution is 5.37. The molecule has 20 heavy (non-hydrogen) atoms. The third-order valence-electron chi connectivity index (χ3n) is 3.63. The summed E-state index contributed by atoms with van der Waals surface area (Å²) >= 11 is 0. The molecule has 1 aromatic rings. The summed E-state index contributed by atoms with van der Waals surface area (Å²) in [5.41, 5.74) is 2.07. The van der Waals surface area contributed by atoms with Crippen LogP contribution in [0.4, 0.5) is 0 Å². The number of hydrogen-bond donors (Lipinski definition) is 1. The van der Waals surface area contributed by atoms with Crippen molar-refractivity contribution in [3.8, 4) is 5.75 Å². The van der Waals surface area contributed by atoms with E-state index in [1.54, 1.807) is 7.11 Å². The van der Waals surface area contributed by atoms with Crippen LogP contribution in [0.2, 0.25) is 0 Å². The lowest BCUT2D eigenvalue weighted by molar-refractivity contribution is 0.107. The first-order valence-electron chi connectivity index (χ1n) is 7.27. The number of ether oxygens (including phenoxy) is 2. The van der Waals surface area contributed by atoms with Crippen LogP contribution < -0.4 is 4.74 Å². The zero-order valence-electron chi connectivity index (χ0n) is 12.6. The molecule has 1 aromatic carbocycles. The first kappa shape index (κ1) is 15.3. The molecular weight excluding hydrogens is 254 g/mol. The maximum Gasteiger partial charge on any atom is 0.125 e. The van der Waals surface area contributed by atoms with E-state index < -0.39 is 0 Å². The van der Waals surface area contributed by atoms with Crippen molar-refractivity contribution in [2.24, 2.45) is 0 Å². The highest BCUT2D eigenvalue weighted by Gasteiger charge is 2.22. The van der Waals surface area contributed by atoms with Gasteiger partial charge < -0.3 is 14.6 Å². The van der Waals surface area contributed by atoms with Gasteiger partial charge in [0.15, 0.2) is 0 Å². The van der Waals surface area contributed by atoms with Gasteiger partial charge in [-0.1, -0.05) is 6.07 Å². The Morgan fingerprint density at radius 2 is 2.20 bits per heavy atom. The van der Waals surface area contributed by atoms with Crippen LogP contribution in [0.3, 0.4) is 0 Å². The molecule has 4 heteroatoms. The van der Waals surface area contributed by atoms with E-state index >= 15 is 0 Å². The third kappa shape index (κ3) is 3.95. The van der Waals surface area contributed by atoms with E-state index in [1.807, 2.05) is 26.0 Å². The Hall–Kier alpha value is -1.10. The van der Waals surface area contributed by atoms with E-state index in [0.717, 1.165) is 37.4 Å². The maximum absolute atomic E-state index is 9.48. The Balaban J connectivity index is 2.02. The highest BCUT2D eigenvalue weighted by Crippen LogP contribution is 2.23. The van der Waals surface area contributed by atoms with Gasteiger partial charge in [-0.2, -0.15) is 0 Å². The number of methoxy groups -OCH3 is 1. The standard InChI is InChI=1S/C16H25NO3/c1-12(2)20-16-5-4-13(8-14(16)11-18)9-17-7-6-15(10-17)19-3/h4-5,8,12,15,18H,6-7,9-11H2,1-3H3. The van der Waals surface area contributed by atoms with Crippen LogP contribution in [-0.4, -0.2) is 42.4 Å². The van der Waals surface area contributed by atoms with Gasteiger partial charge in [0.05, 0.1) is 18.8 Å². The second kappa shape index (κ2) is 7.07. The molecule has 0 amide bonds. The van der Waals surface area contributed by atoms with Gasteiger partial charge >= 0.3 is 0 Å². The second-order valence-corrected chi connectivity index (χ2v) is 5.65. The van der Waals surface area contributed by atoms with Crippen LogP contribution in [0.25, 0.3) is 0 Å². The molecule has 1 heterocycles. The normalized spacial score (nSPS) is 19.8.